The van der Waals surface area contributed by atoms with Gasteiger partial charge in [-0.1, -0.05) is 27.3 Å². The molecule has 0 aliphatic carbocycles. The quantitative estimate of drug-likeness (QED) is 0.843. The van der Waals surface area contributed by atoms with Crippen molar-refractivity contribution in [3.63, 3.8) is 0 Å². The number of nitrogens with zero attached hydrogens (tertiary/aromatic N) is 2. The predicted molar refractivity (Wildman–Crippen MR) is 82.9 cm³/mol. The number of anilines is 1. The van der Waals surface area contributed by atoms with Crippen LogP contribution in [0.15, 0.2) is 22.7 Å². The summed E-state index contributed by atoms with van der Waals surface area (Å²) in [6, 6.07) is 4.65. The van der Waals surface area contributed by atoms with Crippen molar-refractivity contribution in [2.24, 2.45) is 0 Å². The number of carbonyl (C=O) groups excluding carboxylic acids is 1. The molecule has 2 rings (SSSR count). The highest BCUT2D eigenvalue weighted by atomic mass is 79.9. The van der Waals surface area contributed by atoms with Crippen molar-refractivity contribution in [3.8, 4) is 10.6 Å². The monoisotopic (exact) mass is 373 g/mol. The lowest BCUT2D eigenvalue weighted by Gasteiger charge is -2.18. The molecule has 5 nitrogen and oxygen atoms in total. The molecular formula is C13H13BrFN3O2S. The number of hydrogen-bond donors (Lipinski definition) is 1. The van der Waals surface area contributed by atoms with Crippen molar-refractivity contribution in [2.45, 2.75) is 26.4 Å². The number of amides is 1. The highest BCUT2D eigenvalue weighted by Gasteiger charge is 2.18. The Labute approximate surface area is 133 Å². The zero-order valence-corrected chi connectivity index (χ0v) is 14.0. The van der Waals surface area contributed by atoms with Crippen LogP contribution in [-0.4, -0.2) is 21.9 Å². The van der Waals surface area contributed by atoms with Crippen molar-refractivity contribution in [2.75, 3.05) is 5.32 Å². The number of nitrogens with one attached hydrogen (secondary N) is 1. The maximum Gasteiger partial charge on any atom is 0.414 e. The summed E-state index contributed by atoms with van der Waals surface area (Å²) >= 11 is 4.26. The molecule has 0 spiro atoms. The molecule has 112 valence electrons. The maximum absolute atomic E-state index is 13.8. The summed E-state index contributed by atoms with van der Waals surface area (Å²) in [6.07, 6.45) is -0.624. The van der Waals surface area contributed by atoms with Crippen molar-refractivity contribution in [3.05, 3.63) is 28.5 Å². The summed E-state index contributed by atoms with van der Waals surface area (Å²) in [5.74, 6) is -0.413. The molecule has 1 heterocycles. The Morgan fingerprint density at radius 3 is 2.71 bits per heavy atom. The average Bonchev–Trinajstić information content (AvgIpc) is 2.74. The lowest BCUT2D eigenvalue weighted by molar-refractivity contribution is 0.0636. The van der Waals surface area contributed by atoms with Gasteiger partial charge in [-0.05, 0) is 39.0 Å². The number of aromatic nitrogens is 2. The highest BCUT2D eigenvalue weighted by molar-refractivity contribution is 9.10. The SMILES string of the molecule is CC(C)(C)OC(=O)Nc1nnc(-c2ccc(Br)cc2F)s1. The number of ether oxygens (including phenoxy) is 1. The summed E-state index contributed by atoms with van der Waals surface area (Å²) in [7, 11) is 0. The summed E-state index contributed by atoms with van der Waals surface area (Å²) in [6.45, 7) is 5.28. The van der Waals surface area contributed by atoms with Crippen LogP contribution in [0.4, 0.5) is 14.3 Å². The minimum atomic E-state index is -0.624. The molecule has 0 unspecified atom stereocenters. The number of benzene rings is 1. The largest absolute Gasteiger partial charge is 0.444 e. The van der Waals surface area contributed by atoms with Crippen LogP contribution in [0.25, 0.3) is 10.6 Å². The second-order valence-electron chi connectivity index (χ2n) is 5.16. The molecule has 2 aromatic rings. The Bertz CT molecular complexity index is 670. The van der Waals surface area contributed by atoms with Crippen LogP contribution in [-0.2, 0) is 4.74 Å². The van der Waals surface area contributed by atoms with Gasteiger partial charge in [-0.25, -0.2) is 9.18 Å². The molecule has 0 radical (unpaired) electrons. The summed E-state index contributed by atoms with van der Waals surface area (Å²) < 4.78 is 19.6. The van der Waals surface area contributed by atoms with Gasteiger partial charge < -0.3 is 4.74 Å². The van der Waals surface area contributed by atoms with E-state index >= 15 is 0 Å². The first-order chi connectivity index (χ1) is 9.74. The molecule has 0 saturated heterocycles. The second-order valence-corrected chi connectivity index (χ2v) is 7.06. The van der Waals surface area contributed by atoms with Gasteiger partial charge in [-0.15, -0.1) is 10.2 Å². The first-order valence-electron chi connectivity index (χ1n) is 6.03. The first-order valence-corrected chi connectivity index (χ1v) is 7.64. The van der Waals surface area contributed by atoms with Crippen LogP contribution in [0.3, 0.4) is 0 Å². The van der Waals surface area contributed by atoms with Gasteiger partial charge in [0.25, 0.3) is 0 Å². The summed E-state index contributed by atoms with van der Waals surface area (Å²) in [5, 5.41) is 10.8. The maximum atomic E-state index is 13.8. The first kappa shape index (κ1) is 15.8. The van der Waals surface area contributed by atoms with E-state index in [0.29, 0.717) is 15.0 Å². The lowest BCUT2D eigenvalue weighted by Crippen LogP contribution is -2.27. The van der Waals surface area contributed by atoms with Gasteiger partial charge in [0.2, 0.25) is 5.13 Å². The molecule has 0 fully saturated rings. The fraction of sp³-hybridized carbons (Fsp3) is 0.308. The zero-order valence-electron chi connectivity index (χ0n) is 11.6. The fourth-order valence-corrected chi connectivity index (χ4v) is 2.53. The Hall–Kier alpha value is -1.54. The third kappa shape index (κ3) is 4.47. The van der Waals surface area contributed by atoms with E-state index in [9.17, 15) is 9.18 Å². The van der Waals surface area contributed by atoms with E-state index in [4.69, 9.17) is 4.74 Å². The van der Waals surface area contributed by atoms with Crippen LogP contribution < -0.4 is 5.32 Å². The second kappa shape index (κ2) is 6.07. The third-order valence-corrected chi connectivity index (χ3v) is 3.56. The molecule has 0 aliphatic heterocycles. The topological polar surface area (TPSA) is 64.1 Å². The van der Waals surface area contributed by atoms with E-state index in [0.717, 1.165) is 11.3 Å². The molecule has 1 amide bonds. The van der Waals surface area contributed by atoms with E-state index in [1.54, 1.807) is 32.9 Å². The molecule has 0 aliphatic rings. The Kier molecular flexibility index (Phi) is 4.58. The van der Waals surface area contributed by atoms with Crippen molar-refractivity contribution >= 4 is 38.5 Å². The van der Waals surface area contributed by atoms with Crippen LogP contribution in [0.1, 0.15) is 20.8 Å². The smallest absolute Gasteiger partial charge is 0.414 e. The van der Waals surface area contributed by atoms with Crippen molar-refractivity contribution in [1.29, 1.82) is 0 Å². The Balaban J connectivity index is 2.13. The van der Waals surface area contributed by atoms with E-state index in [1.807, 2.05) is 0 Å². The molecular weight excluding hydrogens is 361 g/mol. The van der Waals surface area contributed by atoms with Crippen molar-refractivity contribution < 1.29 is 13.9 Å². The van der Waals surface area contributed by atoms with Crippen molar-refractivity contribution in [1.82, 2.24) is 10.2 Å². The summed E-state index contributed by atoms with van der Waals surface area (Å²) in [4.78, 5) is 11.6. The number of halogens is 2. The van der Waals surface area contributed by atoms with Gasteiger partial charge in [0.05, 0.1) is 0 Å². The van der Waals surface area contributed by atoms with E-state index < -0.39 is 17.5 Å². The molecule has 0 atom stereocenters. The van der Waals surface area contributed by atoms with Gasteiger partial charge in [-0.2, -0.15) is 0 Å². The predicted octanol–water partition coefficient (Wildman–Crippen LogP) is 4.45. The molecule has 1 N–H and O–H groups in total. The van der Waals surface area contributed by atoms with E-state index in [1.165, 1.54) is 6.07 Å². The molecule has 21 heavy (non-hydrogen) atoms. The molecule has 1 aromatic heterocycles. The van der Waals surface area contributed by atoms with Gasteiger partial charge in [-0.3, -0.25) is 5.32 Å². The lowest BCUT2D eigenvalue weighted by atomic mass is 10.2. The minimum Gasteiger partial charge on any atom is -0.444 e. The molecule has 1 aromatic carbocycles. The standard InChI is InChI=1S/C13H13BrFN3O2S/c1-13(2,3)20-12(19)16-11-18-17-10(21-11)8-5-4-7(14)6-9(8)15/h4-6H,1-3H3,(H,16,18,19). The van der Waals surface area contributed by atoms with Gasteiger partial charge in [0.15, 0.2) is 5.01 Å². The number of hydrogen-bond acceptors (Lipinski definition) is 5. The minimum absolute atomic E-state index is 0.251. The summed E-state index contributed by atoms with van der Waals surface area (Å²) in [5.41, 5.74) is -0.275. The zero-order chi connectivity index (χ0) is 15.6. The van der Waals surface area contributed by atoms with Crippen LogP contribution >= 0.6 is 27.3 Å². The molecule has 0 bridgehead atoms. The highest BCUT2D eigenvalue weighted by Crippen LogP contribution is 2.30. The third-order valence-electron chi connectivity index (χ3n) is 2.19. The van der Waals surface area contributed by atoms with Crippen LogP contribution in [0, 0.1) is 5.82 Å². The molecule has 8 heteroatoms. The fourth-order valence-electron chi connectivity index (χ4n) is 1.44. The number of carbonyl (C=O) groups is 1. The normalized spacial score (nSPS) is 11.3. The van der Waals surface area contributed by atoms with E-state index in [2.05, 4.69) is 31.4 Å². The number of rotatable bonds is 2. The van der Waals surface area contributed by atoms with E-state index in [-0.39, 0.29) is 5.13 Å². The Morgan fingerprint density at radius 2 is 2.10 bits per heavy atom. The average molecular weight is 374 g/mol. The Morgan fingerprint density at radius 1 is 1.38 bits per heavy atom. The van der Waals surface area contributed by atoms with Crippen LogP contribution in [0.2, 0.25) is 0 Å². The van der Waals surface area contributed by atoms with Gasteiger partial charge >= 0.3 is 6.09 Å². The van der Waals surface area contributed by atoms with Gasteiger partial charge in [0.1, 0.15) is 11.4 Å². The van der Waals surface area contributed by atoms with Gasteiger partial charge in [0, 0.05) is 10.0 Å². The van der Waals surface area contributed by atoms with Crippen LogP contribution in [0.5, 0.6) is 0 Å². The molecule has 0 saturated carbocycles.